The van der Waals surface area contributed by atoms with E-state index in [0.29, 0.717) is 30.3 Å². The number of rotatable bonds is 1. The van der Waals surface area contributed by atoms with Crippen molar-refractivity contribution in [3.63, 3.8) is 0 Å². The number of halogens is 1. The SMILES string of the molecule is OC1CC(C2CCOC2)Oc2cc(F)ccc21. The van der Waals surface area contributed by atoms with E-state index in [1.165, 1.54) is 12.1 Å². The lowest BCUT2D eigenvalue weighted by molar-refractivity contribution is 0.0299. The largest absolute Gasteiger partial charge is 0.489 e. The molecule has 3 rings (SSSR count). The zero-order chi connectivity index (χ0) is 11.8. The standard InChI is InChI=1S/C13H15FO3/c14-9-1-2-10-11(15)6-12(17-13(10)5-9)8-3-4-16-7-8/h1-2,5,8,11-12,15H,3-4,6-7H2. The van der Waals surface area contributed by atoms with Gasteiger partial charge in [-0.05, 0) is 18.6 Å². The smallest absolute Gasteiger partial charge is 0.128 e. The minimum Gasteiger partial charge on any atom is -0.489 e. The van der Waals surface area contributed by atoms with E-state index < -0.39 is 6.10 Å². The molecule has 2 aliphatic rings. The van der Waals surface area contributed by atoms with Crippen LogP contribution in [0.2, 0.25) is 0 Å². The highest BCUT2D eigenvalue weighted by molar-refractivity contribution is 5.37. The summed E-state index contributed by atoms with van der Waals surface area (Å²) in [7, 11) is 0. The lowest BCUT2D eigenvalue weighted by atomic mass is 9.91. The van der Waals surface area contributed by atoms with E-state index in [0.717, 1.165) is 13.0 Å². The fraction of sp³-hybridized carbons (Fsp3) is 0.538. The van der Waals surface area contributed by atoms with Gasteiger partial charge in [-0.15, -0.1) is 0 Å². The summed E-state index contributed by atoms with van der Waals surface area (Å²) in [6.45, 7) is 1.42. The summed E-state index contributed by atoms with van der Waals surface area (Å²) < 4.78 is 24.2. The van der Waals surface area contributed by atoms with Gasteiger partial charge in [-0.2, -0.15) is 0 Å². The van der Waals surface area contributed by atoms with Gasteiger partial charge in [-0.1, -0.05) is 0 Å². The molecule has 17 heavy (non-hydrogen) atoms. The van der Waals surface area contributed by atoms with Crippen LogP contribution in [-0.2, 0) is 4.74 Å². The summed E-state index contributed by atoms with van der Waals surface area (Å²) in [6.07, 6.45) is 0.876. The fourth-order valence-electron chi connectivity index (χ4n) is 2.58. The van der Waals surface area contributed by atoms with Crippen molar-refractivity contribution >= 4 is 0 Å². The summed E-state index contributed by atoms with van der Waals surface area (Å²) in [5.74, 6) is 0.445. The van der Waals surface area contributed by atoms with Gasteiger partial charge in [0.1, 0.15) is 17.7 Å². The number of hydrogen-bond acceptors (Lipinski definition) is 3. The molecular weight excluding hydrogens is 223 g/mol. The lowest BCUT2D eigenvalue weighted by Gasteiger charge is -2.32. The van der Waals surface area contributed by atoms with Crippen LogP contribution in [0.1, 0.15) is 24.5 Å². The first-order valence-corrected chi connectivity index (χ1v) is 5.96. The van der Waals surface area contributed by atoms with Gasteiger partial charge in [-0.25, -0.2) is 4.39 Å². The summed E-state index contributed by atoms with van der Waals surface area (Å²) in [6, 6.07) is 4.29. The topological polar surface area (TPSA) is 38.7 Å². The summed E-state index contributed by atoms with van der Waals surface area (Å²) in [5.41, 5.74) is 0.682. The number of fused-ring (bicyclic) bond motifs is 1. The van der Waals surface area contributed by atoms with Crippen molar-refractivity contribution in [1.29, 1.82) is 0 Å². The first-order valence-electron chi connectivity index (χ1n) is 5.96. The molecule has 1 aromatic carbocycles. The molecule has 0 amide bonds. The Hall–Kier alpha value is -1.13. The van der Waals surface area contributed by atoms with Gasteiger partial charge < -0.3 is 14.6 Å². The third-order valence-corrected chi connectivity index (χ3v) is 3.56. The van der Waals surface area contributed by atoms with E-state index in [-0.39, 0.29) is 11.9 Å². The van der Waals surface area contributed by atoms with E-state index in [4.69, 9.17) is 9.47 Å². The van der Waals surface area contributed by atoms with E-state index in [9.17, 15) is 9.50 Å². The molecule has 1 N–H and O–H groups in total. The molecule has 0 bridgehead atoms. The lowest BCUT2D eigenvalue weighted by Crippen LogP contribution is -2.33. The number of benzene rings is 1. The second-order valence-corrected chi connectivity index (χ2v) is 4.71. The van der Waals surface area contributed by atoms with Crippen molar-refractivity contribution in [2.24, 2.45) is 5.92 Å². The summed E-state index contributed by atoms with van der Waals surface area (Å²) in [4.78, 5) is 0. The molecule has 1 aromatic rings. The molecule has 0 aromatic heterocycles. The van der Waals surface area contributed by atoms with Crippen molar-refractivity contribution in [2.45, 2.75) is 25.0 Å². The third kappa shape index (κ3) is 2.03. The zero-order valence-corrected chi connectivity index (χ0v) is 9.43. The maximum absolute atomic E-state index is 13.1. The van der Waals surface area contributed by atoms with E-state index in [2.05, 4.69) is 0 Å². The monoisotopic (exact) mass is 238 g/mol. The second-order valence-electron chi connectivity index (χ2n) is 4.71. The average molecular weight is 238 g/mol. The van der Waals surface area contributed by atoms with Crippen LogP contribution in [0, 0.1) is 11.7 Å². The summed E-state index contributed by atoms with van der Waals surface area (Å²) >= 11 is 0. The maximum Gasteiger partial charge on any atom is 0.128 e. The minimum absolute atomic E-state index is 0.0678. The minimum atomic E-state index is -0.565. The Balaban J connectivity index is 1.85. The molecule has 3 unspecified atom stereocenters. The first kappa shape index (κ1) is 11.0. The Labute approximate surface area is 99.2 Å². The van der Waals surface area contributed by atoms with E-state index in [1.54, 1.807) is 6.07 Å². The van der Waals surface area contributed by atoms with Gasteiger partial charge in [0.15, 0.2) is 0 Å². The highest BCUT2D eigenvalue weighted by atomic mass is 19.1. The van der Waals surface area contributed by atoms with Crippen LogP contribution in [0.4, 0.5) is 4.39 Å². The number of aliphatic hydroxyl groups excluding tert-OH is 1. The van der Waals surface area contributed by atoms with E-state index >= 15 is 0 Å². The number of aliphatic hydroxyl groups is 1. The molecule has 1 fully saturated rings. The fourth-order valence-corrected chi connectivity index (χ4v) is 2.58. The Bertz CT molecular complexity index is 415. The number of hydrogen-bond donors (Lipinski definition) is 1. The van der Waals surface area contributed by atoms with Crippen LogP contribution in [0.15, 0.2) is 18.2 Å². The Morgan fingerprint density at radius 1 is 1.35 bits per heavy atom. The van der Waals surface area contributed by atoms with Crippen molar-refractivity contribution < 1.29 is 19.0 Å². The molecular formula is C13H15FO3. The van der Waals surface area contributed by atoms with Gasteiger partial charge in [0.25, 0.3) is 0 Å². The van der Waals surface area contributed by atoms with Crippen molar-refractivity contribution in [1.82, 2.24) is 0 Å². The van der Waals surface area contributed by atoms with Gasteiger partial charge in [0.2, 0.25) is 0 Å². The van der Waals surface area contributed by atoms with Crippen LogP contribution in [0.5, 0.6) is 5.75 Å². The van der Waals surface area contributed by atoms with Gasteiger partial charge in [-0.3, -0.25) is 0 Å². The first-order chi connectivity index (χ1) is 8.24. The van der Waals surface area contributed by atoms with Gasteiger partial charge in [0, 0.05) is 30.6 Å². The van der Waals surface area contributed by atoms with Crippen LogP contribution < -0.4 is 4.74 Å². The molecule has 0 spiro atoms. The van der Waals surface area contributed by atoms with Crippen LogP contribution in [0.3, 0.4) is 0 Å². The summed E-state index contributed by atoms with van der Waals surface area (Å²) in [5, 5.41) is 10.0. The molecule has 3 nitrogen and oxygen atoms in total. The molecule has 92 valence electrons. The van der Waals surface area contributed by atoms with Crippen molar-refractivity contribution in [2.75, 3.05) is 13.2 Å². The highest BCUT2D eigenvalue weighted by Gasteiger charge is 2.34. The molecule has 2 heterocycles. The highest BCUT2D eigenvalue weighted by Crippen LogP contribution is 2.38. The Kier molecular flexibility index (Phi) is 2.76. The molecule has 2 aliphatic heterocycles. The molecule has 4 heteroatoms. The van der Waals surface area contributed by atoms with Gasteiger partial charge in [0.05, 0.1) is 12.7 Å². The molecule has 1 saturated heterocycles. The average Bonchev–Trinajstić information content (AvgIpc) is 2.81. The van der Waals surface area contributed by atoms with Crippen molar-refractivity contribution in [3.05, 3.63) is 29.6 Å². The van der Waals surface area contributed by atoms with Crippen molar-refractivity contribution in [3.8, 4) is 5.75 Å². The predicted octanol–water partition coefficient (Wildman–Crippen LogP) is 2.05. The predicted molar refractivity (Wildman–Crippen MR) is 59.3 cm³/mol. The van der Waals surface area contributed by atoms with E-state index in [1.807, 2.05) is 0 Å². The van der Waals surface area contributed by atoms with Crippen LogP contribution in [0.25, 0.3) is 0 Å². The number of ether oxygens (including phenoxy) is 2. The van der Waals surface area contributed by atoms with Gasteiger partial charge >= 0.3 is 0 Å². The Morgan fingerprint density at radius 2 is 2.24 bits per heavy atom. The molecule has 3 atom stereocenters. The van der Waals surface area contributed by atoms with Crippen LogP contribution >= 0.6 is 0 Å². The third-order valence-electron chi connectivity index (χ3n) is 3.56. The van der Waals surface area contributed by atoms with Crippen LogP contribution in [-0.4, -0.2) is 24.4 Å². The maximum atomic E-state index is 13.1. The molecule has 0 radical (unpaired) electrons. The molecule has 0 aliphatic carbocycles. The Morgan fingerprint density at radius 3 is 3.00 bits per heavy atom. The quantitative estimate of drug-likeness (QED) is 0.813. The molecule has 0 saturated carbocycles. The normalized spacial score (nSPS) is 32.0. The second kappa shape index (κ2) is 4.27. The zero-order valence-electron chi connectivity index (χ0n) is 9.43.